The Kier molecular flexibility index (Phi) is 5.37. The largest absolute Gasteiger partial charge is 0.323 e. The van der Waals surface area contributed by atoms with Gasteiger partial charge in [-0.25, -0.2) is 4.98 Å². The Morgan fingerprint density at radius 2 is 2.14 bits per heavy atom. The van der Waals surface area contributed by atoms with Crippen molar-refractivity contribution in [2.24, 2.45) is 0 Å². The molecule has 0 aliphatic heterocycles. The summed E-state index contributed by atoms with van der Waals surface area (Å²) < 4.78 is 3.33. The zero-order chi connectivity index (χ0) is 15.6. The van der Waals surface area contributed by atoms with E-state index in [9.17, 15) is 0 Å². The van der Waals surface area contributed by atoms with Gasteiger partial charge in [0, 0.05) is 15.1 Å². The van der Waals surface area contributed by atoms with E-state index in [1.807, 2.05) is 13.0 Å². The maximum atomic E-state index is 6.07. The number of hydrogen-bond donors (Lipinski definition) is 0. The van der Waals surface area contributed by atoms with Crippen LogP contribution in [0.25, 0.3) is 12.2 Å². The summed E-state index contributed by atoms with van der Waals surface area (Å²) in [6.07, 6.45) is 10.4. The van der Waals surface area contributed by atoms with Crippen LogP contribution in [-0.2, 0) is 5.54 Å². The second kappa shape index (κ2) is 6.70. The first-order valence-corrected chi connectivity index (χ1v) is 8.86. The predicted octanol–water partition coefficient (Wildman–Crippen LogP) is 4.32. The molecule has 1 aromatic rings. The van der Waals surface area contributed by atoms with Crippen LogP contribution in [0.1, 0.15) is 58.7 Å². The average Bonchev–Trinajstić information content (AvgIpc) is 2.69. The van der Waals surface area contributed by atoms with Crippen LogP contribution in [0.15, 0.2) is 9.51 Å². The number of imidazole rings is 1. The minimum Gasteiger partial charge on any atom is -0.323 e. The number of rotatable bonds is 4. The van der Waals surface area contributed by atoms with Crippen LogP contribution in [0.4, 0.5) is 0 Å². The number of aromatic nitrogens is 2. The van der Waals surface area contributed by atoms with Gasteiger partial charge in [0.2, 0.25) is 0 Å². The van der Waals surface area contributed by atoms with Crippen LogP contribution in [-0.4, -0.2) is 9.55 Å². The van der Waals surface area contributed by atoms with E-state index < -0.39 is 0 Å². The van der Waals surface area contributed by atoms with Gasteiger partial charge in [-0.15, -0.1) is 0 Å². The lowest BCUT2D eigenvalue weighted by Gasteiger charge is -2.41. The summed E-state index contributed by atoms with van der Waals surface area (Å²) in [5, 5.41) is 3.01. The molecule has 2 rings (SSSR count). The van der Waals surface area contributed by atoms with Gasteiger partial charge < -0.3 is 4.57 Å². The monoisotopic (exact) mass is 370 g/mol. The average molecular weight is 372 g/mol. The zero-order valence-corrected chi connectivity index (χ0v) is 15.7. The molecule has 1 aliphatic carbocycles. The van der Waals surface area contributed by atoms with Gasteiger partial charge in [0.05, 0.1) is 10.7 Å². The predicted molar refractivity (Wildman–Crippen MR) is 95.0 cm³/mol. The third kappa shape index (κ3) is 3.45. The highest BCUT2D eigenvalue weighted by Crippen LogP contribution is 2.37. The van der Waals surface area contributed by atoms with Crippen molar-refractivity contribution in [2.75, 3.05) is 0 Å². The molecule has 0 radical (unpaired) electrons. The van der Waals surface area contributed by atoms with Gasteiger partial charge in [-0.05, 0) is 68.5 Å². The summed E-state index contributed by atoms with van der Waals surface area (Å²) in [7, 11) is 0. The Bertz CT molecular complexity index is 662. The molecular weight excluding hydrogens is 348 g/mol. The number of halogens is 2. The number of hydrogen-bond acceptors (Lipinski definition) is 1. The molecule has 1 aromatic heterocycles. The van der Waals surface area contributed by atoms with E-state index in [1.54, 1.807) is 0 Å². The second-order valence-electron chi connectivity index (χ2n) is 6.13. The van der Waals surface area contributed by atoms with Crippen molar-refractivity contribution >= 4 is 39.7 Å². The number of aryl methyl sites for hydroxylation is 1. The van der Waals surface area contributed by atoms with Crippen molar-refractivity contribution in [1.82, 2.24) is 9.55 Å². The SMILES string of the molecule is CCC/C=c1/c(=C\C(Br)=C(/C)Cl)nc(C)n1C1(C)CCC1. The molecule has 1 saturated carbocycles. The number of allylic oxidation sites excluding steroid dienone is 2. The Hall–Kier alpha value is -0.540. The van der Waals surface area contributed by atoms with Gasteiger partial charge in [-0.1, -0.05) is 31.0 Å². The summed E-state index contributed by atoms with van der Waals surface area (Å²) in [6.45, 7) is 8.54. The molecule has 0 aromatic carbocycles. The molecule has 0 atom stereocenters. The van der Waals surface area contributed by atoms with Gasteiger partial charge in [-0.2, -0.15) is 0 Å². The topological polar surface area (TPSA) is 17.8 Å². The van der Waals surface area contributed by atoms with Crippen molar-refractivity contribution in [3.8, 4) is 0 Å². The highest BCUT2D eigenvalue weighted by molar-refractivity contribution is 9.12. The lowest BCUT2D eigenvalue weighted by Crippen LogP contribution is -2.46. The molecular formula is C17H24BrClN2. The van der Waals surface area contributed by atoms with Crippen molar-refractivity contribution < 1.29 is 0 Å². The minimum atomic E-state index is 0.231. The van der Waals surface area contributed by atoms with E-state index in [1.165, 1.54) is 24.6 Å². The summed E-state index contributed by atoms with van der Waals surface area (Å²) in [5.74, 6) is 1.10. The highest BCUT2D eigenvalue weighted by Gasteiger charge is 2.35. The molecule has 0 spiro atoms. The third-order valence-electron chi connectivity index (χ3n) is 4.30. The summed E-state index contributed by atoms with van der Waals surface area (Å²) in [5.41, 5.74) is 0.231. The lowest BCUT2D eigenvalue weighted by atomic mass is 9.78. The molecule has 1 aliphatic rings. The van der Waals surface area contributed by atoms with E-state index >= 15 is 0 Å². The minimum absolute atomic E-state index is 0.231. The fraction of sp³-hybridized carbons (Fsp3) is 0.588. The van der Waals surface area contributed by atoms with E-state index in [0.29, 0.717) is 0 Å². The van der Waals surface area contributed by atoms with E-state index in [-0.39, 0.29) is 5.54 Å². The van der Waals surface area contributed by atoms with Crippen molar-refractivity contribution in [3.63, 3.8) is 0 Å². The Morgan fingerprint density at radius 3 is 2.62 bits per heavy atom. The zero-order valence-electron chi connectivity index (χ0n) is 13.3. The standard InChI is InChI=1S/C17H24BrClN2/c1-5-6-8-16-15(11-14(18)12(2)19)20-13(3)21(16)17(4)9-7-10-17/h8,11H,5-7,9-10H2,1-4H3/b14-12-,15-11+,16-8-. The molecule has 4 heteroatoms. The van der Waals surface area contributed by atoms with Crippen LogP contribution in [0.3, 0.4) is 0 Å². The summed E-state index contributed by atoms with van der Waals surface area (Å²) >= 11 is 9.59. The first-order chi connectivity index (χ1) is 9.89. The van der Waals surface area contributed by atoms with Crippen molar-refractivity contribution in [1.29, 1.82) is 0 Å². The van der Waals surface area contributed by atoms with Crippen LogP contribution in [0.5, 0.6) is 0 Å². The smallest absolute Gasteiger partial charge is 0.107 e. The summed E-state index contributed by atoms with van der Waals surface area (Å²) in [4.78, 5) is 4.79. The van der Waals surface area contributed by atoms with Crippen LogP contribution < -0.4 is 10.7 Å². The fourth-order valence-electron chi connectivity index (χ4n) is 2.97. The number of nitrogens with zero attached hydrogens (tertiary/aromatic N) is 2. The Labute approximate surface area is 140 Å². The van der Waals surface area contributed by atoms with Gasteiger partial charge in [0.15, 0.2) is 0 Å². The van der Waals surface area contributed by atoms with Crippen LogP contribution in [0, 0.1) is 6.92 Å². The molecule has 0 amide bonds. The van der Waals surface area contributed by atoms with Crippen LogP contribution >= 0.6 is 27.5 Å². The van der Waals surface area contributed by atoms with Crippen molar-refractivity contribution in [3.05, 3.63) is 26.0 Å². The first-order valence-electron chi connectivity index (χ1n) is 7.68. The fourth-order valence-corrected chi connectivity index (χ4v) is 3.24. The summed E-state index contributed by atoms with van der Waals surface area (Å²) in [6, 6.07) is 0. The normalized spacial score (nSPS) is 20.5. The third-order valence-corrected chi connectivity index (χ3v) is 5.55. The maximum Gasteiger partial charge on any atom is 0.107 e. The molecule has 21 heavy (non-hydrogen) atoms. The molecule has 0 N–H and O–H groups in total. The molecule has 0 saturated heterocycles. The van der Waals surface area contributed by atoms with E-state index in [4.69, 9.17) is 16.6 Å². The van der Waals surface area contributed by atoms with Crippen LogP contribution in [0.2, 0.25) is 0 Å². The molecule has 1 heterocycles. The molecule has 116 valence electrons. The second-order valence-corrected chi connectivity index (χ2v) is 7.56. The molecule has 2 nitrogen and oxygen atoms in total. The van der Waals surface area contributed by atoms with Gasteiger partial charge in [0.25, 0.3) is 0 Å². The first kappa shape index (κ1) is 16.8. The van der Waals surface area contributed by atoms with E-state index in [0.717, 1.165) is 33.5 Å². The lowest BCUT2D eigenvalue weighted by molar-refractivity contribution is 0.161. The van der Waals surface area contributed by atoms with E-state index in [2.05, 4.69) is 47.3 Å². The maximum absolute atomic E-state index is 6.07. The van der Waals surface area contributed by atoms with Crippen molar-refractivity contribution in [2.45, 2.75) is 65.3 Å². The number of unbranched alkanes of at least 4 members (excludes halogenated alkanes) is 1. The van der Waals surface area contributed by atoms with Gasteiger partial charge in [0.1, 0.15) is 5.82 Å². The molecule has 0 bridgehead atoms. The van der Waals surface area contributed by atoms with Gasteiger partial charge >= 0.3 is 0 Å². The van der Waals surface area contributed by atoms with Gasteiger partial charge in [-0.3, -0.25) is 0 Å². The highest BCUT2D eigenvalue weighted by atomic mass is 79.9. The molecule has 0 unspecified atom stereocenters. The molecule has 1 fully saturated rings. The Morgan fingerprint density at radius 1 is 1.48 bits per heavy atom. The Balaban J connectivity index is 2.68. The quantitative estimate of drug-likeness (QED) is 0.771.